The Morgan fingerprint density at radius 2 is 1.96 bits per heavy atom. The van der Waals surface area contributed by atoms with Crippen LogP contribution >= 0.6 is 11.6 Å². The van der Waals surface area contributed by atoms with Gasteiger partial charge in [-0.15, -0.1) is 11.6 Å². The van der Waals surface area contributed by atoms with Gasteiger partial charge in [-0.05, 0) is 38.5 Å². The Hall–Kier alpha value is -2.21. The molecule has 0 saturated carbocycles. The zero-order chi connectivity index (χ0) is 17.7. The number of ether oxygens (including phenoxy) is 2. The average molecular weight is 353 g/mol. The summed E-state index contributed by atoms with van der Waals surface area (Å²) in [6.45, 7) is 5.84. The number of hydrogen-bond acceptors (Lipinski definition) is 4. The van der Waals surface area contributed by atoms with Crippen molar-refractivity contribution < 1.29 is 19.1 Å². The van der Waals surface area contributed by atoms with Gasteiger partial charge in [-0.25, -0.2) is 9.59 Å². The van der Waals surface area contributed by atoms with Crippen molar-refractivity contribution in [2.45, 2.75) is 32.9 Å². The summed E-state index contributed by atoms with van der Waals surface area (Å²) in [6.07, 6.45) is 0.0623. The van der Waals surface area contributed by atoms with Gasteiger partial charge in [0.25, 0.3) is 0 Å². The minimum Gasteiger partial charge on any atom is -0.491 e. The number of alkyl halides is 1. The van der Waals surface area contributed by atoms with Gasteiger partial charge < -0.3 is 20.1 Å². The zero-order valence-corrected chi connectivity index (χ0v) is 14.6. The third kappa shape index (κ3) is 4.20. The number of rotatable bonds is 6. The Bertz CT molecular complexity index is 640. The SMILES string of the molecule is CCOC(=O)C1=C(CCl)NC(=O)NC1c1ccc(OC(C)C)cc1. The molecule has 7 heteroatoms. The van der Waals surface area contributed by atoms with E-state index in [1.807, 2.05) is 13.8 Å². The number of urea groups is 1. The zero-order valence-electron chi connectivity index (χ0n) is 13.9. The second-order valence-electron chi connectivity index (χ2n) is 5.51. The molecule has 2 rings (SSSR count). The van der Waals surface area contributed by atoms with Crippen LogP contribution in [0.2, 0.25) is 0 Å². The molecular weight excluding hydrogens is 332 g/mol. The molecule has 0 aromatic heterocycles. The van der Waals surface area contributed by atoms with E-state index in [9.17, 15) is 9.59 Å². The minimum absolute atomic E-state index is 0.00656. The summed E-state index contributed by atoms with van der Waals surface area (Å²) in [5.74, 6) is 0.216. The van der Waals surface area contributed by atoms with Crippen molar-refractivity contribution >= 4 is 23.6 Å². The van der Waals surface area contributed by atoms with Gasteiger partial charge in [0.15, 0.2) is 0 Å². The quantitative estimate of drug-likeness (QED) is 0.609. The number of carbonyl (C=O) groups excluding carboxylic acids is 2. The number of hydrogen-bond donors (Lipinski definition) is 2. The van der Waals surface area contributed by atoms with Crippen molar-refractivity contribution in [1.82, 2.24) is 10.6 Å². The normalized spacial score (nSPS) is 17.4. The van der Waals surface area contributed by atoms with Gasteiger partial charge >= 0.3 is 12.0 Å². The molecule has 1 unspecified atom stereocenters. The molecule has 1 heterocycles. The van der Waals surface area contributed by atoms with Gasteiger partial charge in [-0.1, -0.05) is 12.1 Å². The molecule has 0 fully saturated rings. The van der Waals surface area contributed by atoms with Crippen molar-refractivity contribution in [3.05, 3.63) is 41.1 Å². The molecule has 0 spiro atoms. The third-order valence-corrected chi connectivity index (χ3v) is 3.64. The van der Waals surface area contributed by atoms with Crippen LogP contribution in [0.3, 0.4) is 0 Å². The summed E-state index contributed by atoms with van der Waals surface area (Å²) in [7, 11) is 0. The first kappa shape index (κ1) is 18.1. The monoisotopic (exact) mass is 352 g/mol. The largest absolute Gasteiger partial charge is 0.491 e. The van der Waals surface area contributed by atoms with E-state index in [0.717, 1.165) is 5.56 Å². The fourth-order valence-corrected chi connectivity index (χ4v) is 2.65. The standard InChI is InChI=1S/C17H21ClN2O4/c1-4-23-16(21)14-13(9-18)19-17(22)20-15(14)11-5-7-12(8-6-11)24-10(2)3/h5-8,10,15H,4,9H2,1-3H3,(H2,19,20,22). The highest BCUT2D eigenvalue weighted by molar-refractivity contribution is 6.20. The Kier molecular flexibility index (Phi) is 6.09. The van der Waals surface area contributed by atoms with Gasteiger partial charge in [-0.2, -0.15) is 0 Å². The highest BCUT2D eigenvalue weighted by Crippen LogP contribution is 2.29. The molecule has 6 nitrogen and oxygen atoms in total. The number of halogens is 1. The Labute approximate surface area is 146 Å². The van der Waals surface area contributed by atoms with E-state index >= 15 is 0 Å². The predicted octanol–water partition coefficient (Wildman–Crippen LogP) is 2.88. The molecule has 0 radical (unpaired) electrons. The average Bonchev–Trinajstić information content (AvgIpc) is 2.54. The van der Waals surface area contributed by atoms with Crippen LogP contribution in [0.25, 0.3) is 0 Å². The molecule has 1 atom stereocenters. The summed E-state index contributed by atoms with van der Waals surface area (Å²) >= 11 is 5.89. The van der Waals surface area contributed by atoms with Gasteiger partial charge in [0.2, 0.25) is 0 Å². The third-order valence-electron chi connectivity index (χ3n) is 3.37. The van der Waals surface area contributed by atoms with E-state index in [-0.39, 0.29) is 18.6 Å². The molecule has 1 aromatic carbocycles. The van der Waals surface area contributed by atoms with Crippen molar-refractivity contribution in [3.8, 4) is 5.75 Å². The van der Waals surface area contributed by atoms with Gasteiger partial charge in [-0.3, -0.25) is 0 Å². The smallest absolute Gasteiger partial charge is 0.338 e. The first-order chi connectivity index (χ1) is 11.5. The van der Waals surface area contributed by atoms with Crippen LogP contribution in [0.1, 0.15) is 32.4 Å². The van der Waals surface area contributed by atoms with E-state index < -0.39 is 18.0 Å². The van der Waals surface area contributed by atoms with E-state index in [2.05, 4.69) is 10.6 Å². The lowest BCUT2D eigenvalue weighted by atomic mass is 9.95. The lowest BCUT2D eigenvalue weighted by Crippen LogP contribution is -2.46. The first-order valence-electron chi connectivity index (χ1n) is 7.76. The number of nitrogens with one attached hydrogen (secondary N) is 2. The molecule has 2 N–H and O–H groups in total. The topological polar surface area (TPSA) is 76.7 Å². The van der Waals surface area contributed by atoms with Crippen LogP contribution < -0.4 is 15.4 Å². The summed E-state index contributed by atoms with van der Waals surface area (Å²) in [6, 6.07) is 6.17. The summed E-state index contributed by atoms with van der Waals surface area (Å²) < 4.78 is 10.7. The number of carbonyl (C=O) groups is 2. The first-order valence-corrected chi connectivity index (χ1v) is 8.30. The van der Waals surface area contributed by atoms with Gasteiger partial charge in [0, 0.05) is 5.70 Å². The molecule has 0 saturated heterocycles. The molecule has 24 heavy (non-hydrogen) atoms. The summed E-state index contributed by atoms with van der Waals surface area (Å²) in [5.41, 5.74) is 1.40. The molecule has 1 aliphatic rings. The maximum absolute atomic E-state index is 12.3. The molecule has 1 aliphatic heterocycles. The van der Waals surface area contributed by atoms with Crippen molar-refractivity contribution in [2.75, 3.05) is 12.5 Å². The van der Waals surface area contributed by atoms with Crippen LogP contribution in [0, 0.1) is 0 Å². The van der Waals surface area contributed by atoms with Crippen LogP contribution in [0.15, 0.2) is 35.5 Å². The molecule has 0 aliphatic carbocycles. The van der Waals surface area contributed by atoms with Crippen LogP contribution in [-0.2, 0) is 9.53 Å². The highest BCUT2D eigenvalue weighted by Gasteiger charge is 2.33. The number of amides is 2. The van der Waals surface area contributed by atoms with E-state index in [0.29, 0.717) is 17.0 Å². The fraction of sp³-hybridized carbons (Fsp3) is 0.412. The summed E-state index contributed by atoms with van der Waals surface area (Å²) in [5, 5.41) is 5.30. The second kappa shape index (κ2) is 8.06. The van der Waals surface area contributed by atoms with Crippen molar-refractivity contribution in [1.29, 1.82) is 0 Å². The van der Waals surface area contributed by atoms with E-state index in [4.69, 9.17) is 21.1 Å². The minimum atomic E-state index is -0.625. The van der Waals surface area contributed by atoms with Crippen LogP contribution in [0.5, 0.6) is 5.75 Å². The molecule has 1 aromatic rings. The fourth-order valence-electron chi connectivity index (χ4n) is 2.43. The lowest BCUT2D eigenvalue weighted by Gasteiger charge is -2.28. The molecule has 2 amide bonds. The number of benzene rings is 1. The Morgan fingerprint density at radius 3 is 2.50 bits per heavy atom. The molecule has 0 bridgehead atoms. The maximum Gasteiger partial charge on any atom is 0.338 e. The van der Waals surface area contributed by atoms with E-state index in [1.54, 1.807) is 31.2 Å². The van der Waals surface area contributed by atoms with E-state index in [1.165, 1.54) is 0 Å². The van der Waals surface area contributed by atoms with Gasteiger partial charge in [0.05, 0.1) is 30.2 Å². The van der Waals surface area contributed by atoms with Crippen molar-refractivity contribution in [2.24, 2.45) is 0 Å². The van der Waals surface area contributed by atoms with Crippen LogP contribution in [0.4, 0.5) is 4.79 Å². The van der Waals surface area contributed by atoms with Gasteiger partial charge in [0.1, 0.15) is 5.75 Å². The van der Waals surface area contributed by atoms with Crippen molar-refractivity contribution in [3.63, 3.8) is 0 Å². The molecular formula is C17H21ClN2O4. The summed E-state index contributed by atoms with van der Waals surface area (Å²) in [4.78, 5) is 24.2. The highest BCUT2D eigenvalue weighted by atomic mass is 35.5. The van der Waals surface area contributed by atoms with Crippen LogP contribution in [-0.4, -0.2) is 30.6 Å². The lowest BCUT2D eigenvalue weighted by molar-refractivity contribution is -0.139. The maximum atomic E-state index is 12.3. The second-order valence-corrected chi connectivity index (χ2v) is 5.78. The molecule has 130 valence electrons. The number of allylic oxidation sites excluding steroid dienone is 1. The number of esters is 1. The predicted molar refractivity (Wildman–Crippen MR) is 91.0 cm³/mol. The Morgan fingerprint density at radius 1 is 1.29 bits per heavy atom. The Balaban J connectivity index is 2.37.